The van der Waals surface area contributed by atoms with Crippen LogP contribution in [0.3, 0.4) is 0 Å². The van der Waals surface area contributed by atoms with Gasteiger partial charge in [-0.1, -0.05) is 29.3 Å². The van der Waals surface area contributed by atoms with E-state index in [1.807, 2.05) is 0 Å². The molecule has 0 bridgehead atoms. The number of para-hydroxylation sites is 1. The Morgan fingerprint density at radius 3 is 2.53 bits per heavy atom. The quantitative estimate of drug-likeness (QED) is 0.934. The predicted octanol–water partition coefficient (Wildman–Crippen LogP) is 2.89. The van der Waals surface area contributed by atoms with Crippen LogP contribution in [0.1, 0.15) is 5.69 Å². The molecule has 0 spiro atoms. The molecule has 2 N–H and O–H groups in total. The van der Waals surface area contributed by atoms with Gasteiger partial charge in [-0.05, 0) is 12.1 Å². The first-order valence-corrected chi connectivity index (χ1v) is 5.68. The van der Waals surface area contributed by atoms with Crippen molar-refractivity contribution in [1.82, 2.24) is 9.78 Å². The van der Waals surface area contributed by atoms with Gasteiger partial charge in [0.1, 0.15) is 18.1 Å². The number of hydrogen-bond acceptors (Lipinski definition) is 3. The molecule has 2 rings (SSSR count). The number of ether oxygens (including phenoxy) is 1. The number of aryl methyl sites for hydroxylation is 1. The van der Waals surface area contributed by atoms with E-state index in [1.165, 1.54) is 0 Å². The van der Waals surface area contributed by atoms with Crippen molar-refractivity contribution in [3.05, 3.63) is 40.0 Å². The van der Waals surface area contributed by atoms with Gasteiger partial charge in [-0.15, -0.1) is 0 Å². The smallest absolute Gasteiger partial charge is 0.157 e. The van der Waals surface area contributed by atoms with E-state index in [1.54, 1.807) is 36.0 Å². The number of anilines is 1. The first kappa shape index (κ1) is 12.1. The normalized spacial score (nSPS) is 10.5. The maximum absolute atomic E-state index is 5.97. The van der Waals surface area contributed by atoms with Crippen molar-refractivity contribution >= 4 is 29.0 Å². The SMILES string of the molecule is Cn1nc(COc2c(Cl)cccc2Cl)cc1N. The minimum absolute atomic E-state index is 0.272. The minimum Gasteiger partial charge on any atom is -0.484 e. The van der Waals surface area contributed by atoms with Crippen molar-refractivity contribution in [1.29, 1.82) is 0 Å². The fourth-order valence-electron chi connectivity index (χ4n) is 1.38. The topological polar surface area (TPSA) is 53.1 Å². The van der Waals surface area contributed by atoms with Gasteiger partial charge < -0.3 is 10.5 Å². The molecule has 1 aromatic heterocycles. The molecule has 0 radical (unpaired) electrons. The van der Waals surface area contributed by atoms with Crippen LogP contribution >= 0.6 is 23.2 Å². The summed E-state index contributed by atoms with van der Waals surface area (Å²) in [5.41, 5.74) is 6.39. The van der Waals surface area contributed by atoms with E-state index in [4.69, 9.17) is 33.7 Å². The highest BCUT2D eigenvalue weighted by Gasteiger charge is 2.08. The van der Waals surface area contributed by atoms with E-state index in [2.05, 4.69) is 5.10 Å². The second-order valence-corrected chi connectivity index (χ2v) is 4.34. The van der Waals surface area contributed by atoms with Gasteiger partial charge >= 0.3 is 0 Å². The van der Waals surface area contributed by atoms with E-state index < -0.39 is 0 Å². The molecular weight excluding hydrogens is 261 g/mol. The Hall–Kier alpha value is -1.39. The van der Waals surface area contributed by atoms with Crippen molar-refractivity contribution in [2.75, 3.05) is 5.73 Å². The first-order valence-electron chi connectivity index (χ1n) is 4.93. The van der Waals surface area contributed by atoms with Gasteiger partial charge in [-0.25, -0.2) is 0 Å². The van der Waals surface area contributed by atoms with Gasteiger partial charge in [0.2, 0.25) is 0 Å². The Labute approximate surface area is 109 Å². The summed E-state index contributed by atoms with van der Waals surface area (Å²) in [7, 11) is 1.77. The van der Waals surface area contributed by atoms with Crippen molar-refractivity contribution in [2.45, 2.75) is 6.61 Å². The van der Waals surface area contributed by atoms with E-state index in [9.17, 15) is 0 Å². The van der Waals surface area contributed by atoms with Gasteiger partial charge in [0.25, 0.3) is 0 Å². The van der Waals surface area contributed by atoms with E-state index in [0.717, 1.165) is 5.69 Å². The molecule has 0 aliphatic heterocycles. The number of aromatic nitrogens is 2. The summed E-state index contributed by atoms with van der Waals surface area (Å²) in [6.07, 6.45) is 0. The summed E-state index contributed by atoms with van der Waals surface area (Å²) in [5, 5.41) is 5.11. The first-order chi connectivity index (χ1) is 8.08. The van der Waals surface area contributed by atoms with Crippen LogP contribution in [0.15, 0.2) is 24.3 Å². The number of nitrogens with two attached hydrogens (primary N) is 1. The molecule has 4 nitrogen and oxygen atoms in total. The van der Waals surface area contributed by atoms with Crippen molar-refractivity contribution in [3.63, 3.8) is 0 Å². The second kappa shape index (κ2) is 4.85. The van der Waals surface area contributed by atoms with Gasteiger partial charge in [0.05, 0.1) is 10.0 Å². The molecule has 0 aliphatic carbocycles. The van der Waals surface area contributed by atoms with E-state index in [-0.39, 0.29) is 6.61 Å². The summed E-state index contributed by atoms with van der Waals surface area (Å²) in [4.78, 5) is 0. The molecule has 0 saturated carbocycles. The molecule has 1 aromatic carbocycles. The van der Waals surface area contributed by atoms with Crippen molar-refractivity contribution < 1.29 is 4.74 Å². The molecule has 6 heteroatoms. The highest BCUT2D eigenvalue weighted by molar-refractivity contribution is 6.37. The molecular formula is C11H11Cl2N3O. The molecule has 2 aromatic rings. The summed E-state index contributed by atoms with van der Waals surface area (Å²) >= 11 is 11.9. The molecule has 0 fully saturated rings. The number of nitrogen functional groups attached to an aromatic ring is 1. The molecule has 0 amide bonds. The monoisotopic (exact) mass is 271 g/mol. The van der Waals surface area contributed by atoms with Crippen molar-refractivity contribution in [3.8, 4) is 5.75 Å². The number of nitrogens with zero attached hydrogens (tertiary/aromatic N) is 2. The van der Waals surface area contributed by atoms with Crippen LogP contribution in [-0.4, -0.2) is 9.78 Å². The molecule has 90 valence electrons. The largest absolute Gasteiger partial charge is 0.484 e. The van der Waals surface area contributed by atoms with Crippen LogP contribution in [-0.2, 0) is 13.7 Å². The maximum atomic E-state index is 5.97. The number of hydrogen-bond donors (Lipinski definition) is 1. The molecule has 0 unspecified atom stereocenters. The van der Waals surface area contributed by atoms with E-state index >= 15 is 0 Å². The van der Waals surface area contributed by atoms with Crippen LogP contribution in [0, 0.1) is 0 Å². The Balaban J connectivity index is 2.12. The number of halogens is 2. The lowest BCUT2D eigenvalue weighted by atomic mass is 10.3. The van der Waals surface area contributed by atoms with Gasteiger partial charge in [-0.2, -0.15) is 5.10 Å². The van der Waals surface area contributed by atoms with Crippen LogP contribution in [0.25, 0.3) is 0 Å². The standard InChI is InChI=1S/C11H11Cl2N3O/c1-16-10(14)5-7(15-16)6-17-11-8(12)3-2-4-9(11)13/h2-5H,6,14H2,1H3. The molecule has 0 atom stereocenters. The average Bonchev–Trinajstić information content (AvgIpc) is 2.58. The highest BCUT2D eigenvalue weighted by atomic mass is 35.5. The van der Waals surface area contributed by atoms with Gasteiger partial charge in [-0.3, -0.25) is 4.68 Å². The summed E-state index contributed by atoms with van der Waals surface area (Å²) in [5.74, 6) is 1.04. The Morgan fingerprint density at radius 1 is 1.35 bits per heavy atom. The molecule has 0 saturated heterocycles. The maximum Gasteiger partial charge on any atom is 0.157 e. The lowest BCUT2D eigenvalue weighted by molar-refractivity contribution is 0.300. The summed E-state index contributed by atoms with van der Waals surface area (Å²) in [6.45, 7) is 0.272. The zero-order chi connectivity index (χ0) is 12.4. The summed E-state index contributed by atoms with van der Waals surface area (Å²) in [6, 6.07) is 6.94. The lowest BCUT2D eigenvalue weighted by Crippen LogP contribution is -1.99. The highest BCUT2D eigenvalue weighted by Crippen LogP contribution is 2.32. The molecule has 17 heavy (non-hydrogen) atoms. The predicted molar refractivity (Wildman–Crippen MR) is 68.4 cm³/mol. The Morgan fingerprint density at radius 2 is 2.00 bits per heavy atom. The van der Waals surface area contributed by atoms with Gasteiger partial charge in [0.15, 0.2) is 5.75 Å². The van der Waals surface area contributed by atoms with E-state index in [0.29, 0.717) is 21.6 Å². The Kier molecular flexibility index (Phi) is 3.45. The fourth-order valence-corrected chi connectivity index (χ4v) is 1.89. The summed E-state index contributed by atoms with van der Waals surface area (Å²) < 4.78 is 7.10. The third kappa shape index (κ3) is 2.65. The third-order valence-electron chi connectivity index (χ3n) is 2.25. The van der Waals surface area contributed by atoms with Crippen LogP contribution in [0.5, 0.6) is 5.75 Å². The average molecular weight is 272 g/mol. The third-order valence-corrected chi connectivity index (χ3v) is 2.85. The molecule has 1 heterocycles. The van der Waals surface area contributed by atoms with Crippen LogP contribution in [0.4, 0.5) is 5.82 Å². The van der Waals surface area contributed by atoms with Crippen molar-refractivity contribution in [2.24, 2.45) is 7.05 Å². The molecule has 0 aliphatic rings. The number of benzene rings is 1. The van der Waals surface area contributed by atoms with Crippen LogP contribution in [0.2, 0.25) is 10.0 Å². The Bertz CT molecular complexity index is 500. The number of rotatable bonds is 3. The fraction of sp³-hybridized carbons (Fsp3) is 0.182. The second-order valence-electron chi connectivity index (χ2n) is 3.52. The lowest BCUT2D eigenvalue weighted by Gasteiger charge is -2.07. The van der Waals surface area contributed by atoms with Gasteiger partial charge in [0, 0.05) is 13.1 Å². The minimum atomic E-state index is 0.272. The zero-order valence-corrected chi connectivity index (χ0v) is 10.7. The zero-order valence-electron chi connectivity index (χ0n) is 9.15. The van der Waals surface area contributed by atoms with Crippen LogP contribution < -0.4 is 10.5 Å².